The van der Waals surface area contributed by atoms with Crippen molar-refractivity contribution in [2.75, 3.05) is 26.2 Å². The standard InChI is InChI=1S/C16H24N2O.ClH/c1-14-6-8-15(9-7-14)16(19)17-10-2-3-11-18-12-4-5-13-18;/h6-9H,2-5,10-13H2,1H3,(H,17,19);1H. The molecular weight excluding hydrogens is 272 g/mol. The fourth-order valence-corrected chi connectivity index (χ4v) is 2.48. The van der Waals surface area contributed by atoms with Crippen LogP contribution in [0.15, 0.2) is 24.3 Å². The number of carbonyl (C=O) groups excluding carboxylic acids is 1. The van der Waals surface area contributed by atoms with Crippen molar-refractivity contribution in [3.05, 3.63) is 35.4 Å². The predicted octanol–water partition coefficient (Wildman–Crippen LogP) is 3.02. The van der Waals surface area contributed by atoms with Crippen molar-refractivity contribution < 1.29 is 4.79 Å². The summed E-state index contributed by atoms with van der Waals surface area (Å²) in [6.45, 7) is 6.51. The van der Waals surface area contributed by atoms with Crippen LogP contribution in [0.5, 0.6) is 0 Å². The van der Waals surface area contributed by atoms with Crippen LogP contribution in [0, 0.1) is 6.92 Å². The van der Waals surface area contributed by atoms with E-state index in [9.17, 15) is 4.79 Å². The summed E-state index contributed by atoms with van der Waals surface area (Å²) in [5.74, 6) is 0.0428. The van der Waals surface area contributed by atoms with E-state index >= 15 is 0 Å². The number of hydrogen-bond acceptors (Lipinski definition) is 2. The molecule has 1 N–H and O–H groups in total. The molecule has 0 radical (unpaired) electrons. The third-order valence-electron chi connectivity index (χ3n) is 3.70. The average molecular weight is 297 g/mol. The van der Waals surface area contributed by atoms with Crippen molar-refractivity contribution in [2.24, 2.45) is 0 Å². The quantitative estimate of drug-likeness (QED) is 0.819. The van der Waals surface area contributed by atoms with Gasteiger partial charge < -0.3 is 10.2 Å². The second kappa shape index (κ2) is 8.98. The number of carbonyl (C=O) groups is 1. The fraction of sp³-hybridized carbons (Fsp3) is 0.562. The van der Waals surface area contributed by atoms with Gasteiger partial charge >= 0.3 is 0 Å². The first-order chi connectivity index (χ1) is 9.25. The summed E-state index contributed by atoms with van der Waals surface area (Å²) in [6, 6.07) is 7.72. The molecule has 0 aromatic heterocycles. The first kappa shape index (κ1) is 17.0. The maximum atomic E-state index is 11.9. The SMILES string of the molecule is Cc1ccc(C(=O)NCCCCN2CCCC2)cc1.Cl. The topological polar surface area (TPSA) is 32.3 Å². The van der Waals surface area contributed by atoms with Crippen LogP contribution in [-0.2, 0) is 0 Å². The molecule has 1 saturated heterocycles. The molecule has 1 aliphatic heterocycles. The minimum atomic E-state index is 0. The summed E-state index contributed by atoms with van der Waals surface area (Å²) < 4.78 is 0. The molecular formula is C16H25ClN2O. The zero-order valence-corrected chi connectivity index (χ0v) is 13.0. The summed E-state index contributed by atoms with van der Waals surface area (Å²) in [5.41, 5.74) is 1.94. The maximum Gasteiger partial charge on any atom is 0.251 e. The van der Waals surface area contributed by atoms with Crippen LogP contribution >= 0.6 is 12.4 Å². The highest BCUT2D eigenvalue weighted by molar-refractivity contribution is 5.94. The Bertz CT molecular complexity index is 399. The van der Waals surface area contributed by atoms with E-state index in [0.717, 1.165) is 18.5 Å². The van der Waals surface area contributed by atoms with E-state index in [2.05, 4.69) is 10.2 Å². The predicted molar refractivity (Wildman–Crippen MR) is 85.7 cm³/mol. The number of halogens is 1. The van der Waals surface area contributed by atoms with Crippen LogP contribution in [0.3, 0.4) is 0 Å². The highest BCUT2D eigenvalue weighted by Gasteiger charge is 2.10. The van der Waals surface area contributed by atoms with Gasteiger partial charge in [-0.3, -0.25) is 4.79 Å². The molecule has 4 heteroatoms. The average Bonchev–Trinajstić information content (AvgIpc) is 2.92. The second-order valence-corrected chi connectivity index (χ2v) is 5.38. The monoisotopic (exact) mass is 296 g/mol. The summed E-state index contributed by atoms with van der Waals surface area (Å²) in [5, 5.41) is 2.99. The van der Waals surface area contributed by atoms with E-state index in [1.165, 1.54) is 44.5 Å². The van der Waals surface area contributed by atoms with Gasteiger partial charge in [-0.15, -0.1) is 12.4 Å². The molecule has 0 unspecified atom stereocenters. The molecule has 0 aliphatic carbocycles. The van der Waals surface area contributed by atoms with Gasteiger partial charge in [-0.1, -0.05) is 17.7 Å². The Labute approximate surface area is 128 Å². The molecule has 2 rings (SSSR count). The Morgan fingerprint density at radius 2 is 1.80 bits per heavy atom. The van der Waals surface area contributed by atoms with Crippen molar-refractivity contribution in [1.82, 2.24) is 10.2 Å². The Balaban J connectivity index is 0.00000200. The van der Waals surface area contributed by atoms with Crippen LogP contribution in [0.2, 0.25) is 0 Å². The minimum absolute atomic E-state index is 0. The van der Waals surface area contributed by atoms with E-state index in [4.69, 9.17) is 0 Å². The van der Waals surface area contributed by atoms with E-state index in [-0.39, 0.29) is 18.3 Å². The molecule has 1 amide bonds. The van der Waals surface area contributed by atoms with Crippen molar-refractivity contribution in [1.29, 1.82) is 0 Å². The van der Waals surface area contributed by atoms with Gasteiger partial charge in [0.05, 0.1) is 0 Å². The van der Waals surface area contributed by atoms with Crippen molar-refractivity contribution in [3.8, 4) is 0 Å². The largest absolute Gasteiger partial charge is 0.352 e. The summed E-state index contributed by atoms with van der Waals surface area (Å²) >= 11 is 0. The third-order valence-corrected chi connectivity index (χ3v) is 3.70. The molecule has 20 heavy (non-hydrogen) atoms. The van der Waals surface area contributed by atoms with Gasteiger partial charge in [0.2, 0.25) is 0 Å². The molecule has 0 bridgehead atoms. The Morgan fingerprint density at radius 3 is 2.45 bits per heavy atom. The molecule has 1 aromatic rings. The highest BCUT2D eigenvalue weighted by Crippen LogP contribution is 2.08. The molecule has 0 saturated carbocycles. The summed E-state index contributed by atoms with van der Waals surface area (Å²) in [7, 11) is 0. The number of unbranched alkanes of at least 4 members (excludes halogenated alkanes) is 1. The Hall–Kier alpha value is -1.06. The third kappa shape index (κ3) is 5.51. The molecule has 1 fully saturated rings. The lowest BCUT2D eigenvalue weighted by molar-refractivity contribution is 0.0952. The lowest BCUT2D eigenvalue weighted by atomic mass is 10.1. The molecule has 112 valence electrons. The fourth-order valence-electron chi connectivity index (χ4n) is 2.48. The highest BCUT2D eigenvalue weighted by atomic mass is 35.5. The lowest BCUT2D eigenvalue weighted by Gasteiger charge is -2.14. The number of benzene rings is 1. The maximum absolute atomic E-state index is 11.9. The van der Waals surface area contributed by atoms with Gasteiger partial charge in [0.1, 0.15) is 0 Å². The van der Waals surface area contributed by atoms with Gasteiger partial charge in [0.15, 0.2) is 0 Å². The summed E-state index contributed by atoms with van der Waals surface area (Å²) in [6.07, 6.45) is 4.94. The number of likely N-dealkylation sites (tertiary alicyclic amines) is 1. The van der Waals surface area contributed by atoms with Crippen LogP contribution in [-0.4, -0.2) is 37.0 Å². The molecule has 1 heterocycles. The Morgan fingerprint density at radius 1 is 1.15 bits per heavy atom. The number of rotatable bonds is 6. The molecule has 3 nitrogen and oxygen atoms in total. The first-order valence-corrected chi connectivity index (χ1v) is 7.33. The first-order valence-electron chi connectivity index (χ1n) is 7.33. The van der Waals surface area contributed by atoms with Gasteiger partial charge in [-0.2, -0.15) is 0 Å². The van der Waals surface area contributed by atoms with E-state index in [1.54, 1.807) is 0 Å². The normalized spacial score (nSPS) is 14.8. The number of hydrogen-bond donors (Lipinski definition) is 1. The van der Waals surface area contributed by atoms with E-state index < -0.39 is 0 Å². The van der Waals surface area contributed by atoms with Crippen molar-refractivity contribution in [3.63, 3.8) is 0 Å². The molecule has 0 atom stereocenters. The van der Waals surface area contributed by atoms with Crippen molar-refractivity contribution >= 4 is 18.3 Å². The van der Waals surface area contributed by atoms with Crippen LogP contribution < -0.4 is 5.32 Å². The summed E-state index contributed by atoms with van der Waals surface area (Å²) in [4.78, 5) is 14.4. The van der Waals surface area contributed by atoms with Crippen LogP contribution in [0.4, 0.5) is 0 Å². The van der Waals surface area contributed by atoms with E-state index in [1.807, 2.05) is 31.2 Å². The van der Waals surface area contributed by atoms with E-state index in [0.29, 0.717) is 0 Å². The number of amides is 1. The molecule has 1 aliphatic rings. The zero-order valence-electron chi connectivity index (χ0n) is 12.2. The zero-order chi connectivity index (χ0) is 13.5. The van der Waals surface area contributed by atoms with Gasteiger partial charge in [0, 0.05) is 12.1 Å². The smallest absolute Gasteiger partial charge is 0.251 e. The van der Waals surface area contributed by atoms with Crippen LogP contribution in [0.25, 0.3) is 0 Å². The second-order valence-electron chi connectivity index (χ2n) is 5.38. The van der Waals surface area contributed by atoms with Gasteiger partial charge in [0.25, 0.3) is 5.91 Å². The van der Waals surface area contributed by atoms with Gasteiger partial charge in [-0.25, -0.2) is 0 Å². The number of aryl methyl sites for hydroxylation is 1. The lowest BCUT2D eigenvalue weighted by Crippen LogP contribution is -2.26. The number of nitrogens with zero attached hydrogens (tertiary/aromatic N) is 1. The number of nitrogens with one attached hydrogen (secondary N) is 1. The minimum Gasteiger partial charge on any atom is -0.352 e. The van der Waals surface area contributed by atoms with Gasteiger partial charge in [-0.05, 0) is 64.4 Å². The Kier molecular flexibility index (Phi) is 7.63. The van der Waals surface area contributed by atoms with Crippen molar-refractivity contribution in [2.45, 2.75) is 32.6 Å². The van der Waals surface area contributed by atoms with Crippen LogP contribution in [0.1, 0.15) is 41.6 Å². The molecule has 0 spiro atoms. The molecule has 1 aromatic carbocycles.